The van der Waals surface area contributed by atoms with Crippen LogP contribution in [0, 0.1) is 6.92 Å². The van der Waals surface area contributed by atoms with Crippen molar-refractivity contribution in [2.75, 3.05) is 0 Å². The number of aryl methyl sites for hydroxylation is 1. The van der Waals surface area contributed by atoms with E-state index in [0.717, 1.165) is 16.5 Å². The molecule has 0 spiro atoms. The average Bonchev–Trinajstić information content (AvgIpc) is 2.72. The third-order valence-corrected chi connectivity index (χ3v) is 3.05. The van der Waals surface area contributed by atoms with Gasteiger partial charge in [-0.3, -0.25) is 9.36 Å². The fraction of sp³-hybridized carbons (Fsp3) is 0.0625. The molecular formula is C16H13NO. The van der Waals surface area contributed by atoms with E-state index in [1.807, 2.05) is 49.4 Å². The Labute approximate surface area is 107 Å². The maximum absolute atomic E-state index is 12.5. The number of hydrogen-bond acceptors (Lipinski definition) is 1. The van der Waals surface area contributed by atoms with Gasteiger partial charge in [0.2, 0.25) is 0 Å². The first kappa shape index (κ1) is 9.66. The highest BCUT2D eigenvalue weighted by Crippen LogP contribution is 2.21. The van der Waals surface area contributed by atoms with E-state index < -0.39 is 0 Å². The average molecular weight is 236 g/mol. The summed E-state index contributed by atoms with van der Waals surface area (Å²) in [4.78, 5) is 12.5. The van der Waals surface area contributed by atoms with Crippen LogP contribution in [0.25, 0.3) is 10.9 Å². The molecule has 2 heteroatoms. The van der Waals surface area contributed by atoms with Gasteiger partial charge in [0.25, 0.3) is 5.91 Å². The van der Waals surface area contributed by atoms with E-state index in [-0.39, 0.29) is 12.1 Å². The first-order valence-corrected chi connectivity index (χ1v) is 5.86. The molecule has 0 saturated heterocycles. The van der Waals surface area contributed by atoms with Crippen LogP contribution in [0.3, 0.4) is 0 Å². The monoisotopic (exact) mass is 236 g/mol. The Morgan fingerprint density at radius 1 is 1.06 bits per heavy atom. The topological polar surface area (TPSA) is 22.0 Å². The molecule has 0 amide bonds. The Hall–Kier alpha value is -2.35. The first-order chi connectivity index (χ1) is 9.20. The Kier molecular flexibility index (Phi) is 2.23. The number of benzene rings is 2. The molecule has 0 aliphatic carbocycles. The molecule has 18 heavy (non-hydrogen) atoms. The van der Waals surface area contributed by atoms with Gasteiger partial charge in [-0.25, -0.2) is 0 Å². The lowest BCUT2D eigenvalue weighted by atomic mass is 10.2. The number of aromatic nitrogens is 1. The minimum atomic E-state index is -0.157. The fourth-order valence-electron chi connectivity index (χ4n) is 2.14. The number of para-hydroxylation sites is 1. The Balaban J connectivity index is 2.26. The van der Waals surface area contributed by atoms with Gasteiger partial charge in [-0.2, -0.15) is 0 Å². The SMILES string of the molecule is [2H]c1c(C)c2ccccc2n1C(=O)c1ccccc1. The molecule has 0 aliphatic rings. The molecule has 0 aliphatic heterocycles. The molecule has 2 aromatic carbocycles. The van der Waals surface area contributed by atoms with Gasteiger partial charge in [-0.1, -0.05) is 36.4 Å². The molecule has 88 valence electrons. The highest BCUT2D eigenvalue weighted by Gasteiger charge is 2.12. The van der Waals surface area contributed by atoms with Crippen LogP contribution in [0.4, 0.5) is 0 Å². The summed E-state index contributed by atoms with van der Waals surface area (Å²) in [7, 11) is 0. The second-order valence-corrected chi connectivity index (χ2v) is 4.26. The van der Waals surface area contributed by atoms with Gasteiger partial charge in [0.15, 0.2) is 0 Å². The number of nitrogens with zero attached hydrogens (tertiary/aromatic N) is 1. The number of carbonyl (C=O) groups is 1. The van der Waals surface area contributed by atoms with Crippen molar-refractivity contribution in [2.24, 2.45) is 0 Å². The van der Waals surface area contributed by atoms with Crippen LogP contribution >= 0.6 is 0 Å². The summed E-state index contributed by atoms with van der Waals surface area (Å²) in [6, 6.07) is 16.7. The van der Waals surface area contributed by atoms with Crippen LogP contribution in [0.5, 0.6) is 0 Å². The summed E-state index contributed by atoms with van der Waals surface area (Å²) in [5.41, 5.74) is 2.22. The van der Waals surface area contributed by atoms with Crippen molar-refractivity contribution in [3.63, 3.8) is 0 Å². The lowest BCUT2D eigenvalue weighted by Crippen LogP contribution is -2.10. The van der Waals surface area contributed by atoms with E-state index >= 15 is 0 Å². The summed E-state index contributed by atoms with van der Waals surface area (Å²) in [6.45, 7) is 1.87. The van der Waals surface area contributed by atoms with Crippen LogP contribution in [0.2, 0.25) is 0 Å². The molecule has 0 fully saturated rings. The van der Waals surface area contributed by atoms with Crippen LogP contribution in [0.15, 0.2) is 60.8 Å². The lowest BCUT2D eigenvalue weighted by molar-refractivity contribution is 0.0965. The Morgan fingerprint density at radius 2 is 1.72 bits per heavy atom. The molecular weight excluding hydrogens is 222 g/mol. The summed E-state index contributed by atoms with van der Waals surface area (Å²) >= 11 is 0. The minimum Gasteiger partial charge on any atom is -0.283 e. The van der Waals surface area contributed by atoms with Crippen molar-refractivity contribution in [3.05, 3.63) is 71.9 Å². The van der Waals surface area contributed by atoms with E-state index in [9.17, 15) is 4.79 Å². The number of rotatable bonds is 1. The molecule has 0 N–H and O–H groups in total. The highest BCUT2D eigenvalue weighted by atomic mass is 16.2. The maximum Gasteiger partial charge on any atom is 0.262 e. The summed E-state index contributed by atoms with van der Waals surface area (Å²) < 4.78 is 9.62. The summed E-state index contributed by atoms with van der Waals surface area (Å²) in [5, 5.41) is 0.955. The van der Waals surface area contributed by atoms with Crippen LogP contribution in [-0.4, -0.2) is 10.5 Å². The quantitative estimate of drug-likeness (QED) is 0.632. The zero-order valence-corrected chi connectivity index (χ0v) is 10.1. The second-order valence-electron chi connectivity index (χ2n) is 4.26. The Morgan fingerprint density at radius 3 is 2.50 bits per heavy atom. The molecule has 0 radical (unpaired) electrons. The molecule has 0 saturated carbocycles. The molecule has 3 aromatic rings. The number of hydrogen-bond donors (Lipinski definition) is 0. The predicted octanol–water partition coefficient (Wildman–Crippen LogP) is 3.64. The van der Waals surface area contributed by atoms with Gasteiger partial charge < -0.3 is 0 Å². The van der Waals surface area contributed by atoms with Gasteiger partial charge in [-0.15, -0.1) is 0 Å². The van der Waals surface area contributed by atoms with Gasteiger partial charge >= 0.3 is 0 Å². The van der Waals surface area contributed by atoms with Crippen LogP contribution in [0.1, 0.15) is 17.3 Å². The van der Waals surface area contributed by atoms with E-state index in [2.05, 4.69) is 0 Å². The maximum atomic E-state index is 12.5. The van der Waals surface area contributed by atoms with E-state index in [4.69, 9.17) is 1.37 Å². The first-order valence-electron chi connectivity index (χ1n) is 6.36. The van der Waals surface area contributed by atoms with Crippen molar-refractivity contribution in [2.45, 2.75) is 6.92 Å². The Bertz CT molecular complexity index is 759. The van der Waals surface area contributed by atoms with Gasteiger partial charge in [-0.05, 0) is 30.7 Å². The van der Waals surface area contributed by atoms with Gasteiger partial charge in [0.1, 0.15) is 0 Å². The molecule has 0 unspecified atom stereocenters. The molecule has 3 rings (SSSR count). The van der Waals surface area contributed by atoms with Crippen molar-refractivity contribution < 1.29 is 6.17 Å². The second kappa shape index (κ2) is 4.15. The zero-order valence-electron chi connectivity index (χ0n) is 11.1. The highest BCUT2D eigenvalue weighted by molar-refractivity contribution is 6.02. The van der Waals surface area contributed by atoms with E-state index in [0.29, 0.717) is 5.56 Å². The van der Waals surface area contributed by atoms with Crippen molar-refractivity contribution in [3.8, 4) is 0 Å². The minimum absolute atomic E-state index is 0.157. The van der Waals surface area contributed by atoms with E-state index in [1.165, 1.54) is 4.57 Å². The number of carbonyl (C=O) groups excluding carboxylic acids is 1. The lowest BCUT2D eigenvalue weighted by Gasteiger charge is -2.03. The summed E-state index contributed by atoms with van der Waals surface area (Å²) in [5.74, 6) is -0.157. The smallest absolute Gasteiger partial charge is 0.262 e. The summed E-state index contributed by atoms with van der Waals surface area (Å²) in [6.07, 6.45) is 0.259. The zero-order chi connectivity index (χ0) is 13.4. The predicted molar refractivity (Wildman–Crippen MR) is 72.8 cm³/mol. The van der Waals surface area contributed by atoms with Crippen molar-refractivity contribution >= 4 is 16.8 Å². The van der Waals surface area contributed by atoms with Gasteiger partial charge in [0.05, 0.1) is 6.89 Å². The van der Waals surface area contributed by atoms with Crippen LogP contribution in [-0.2, 0) is 0 Å². The molecule has 2 nitrogen and oxygen atoms in total. The molecule has 1 heterocycles. The standard InChI is InChI=1S/C16H13NO/c1-12-11-17(15-10-6-5-9-14(12)15)16(18)13-7-3-2-4-8-13/h2-11H,1H3/i11D. The fourth-order valence-corrected chi connectivity index (χ4v) is 2.14. The molecule has 0 bridgehead atoms. The van der Waals surface area contributed by atoms with Crippen molar-refractivity contribution in [1.82, 2.24) is 4.57 Å². The van der Waals surface area contributed by atoms with Crippen LogP contribution < -0.4 is 0 Å². The number of fused-ring (bicyclic) bond motifs is 1. The molecule has 1 aromatic heterocycles. The normalized spacial score (nSPS) is 11.5. The largest absolute Gasteiger partial charge is 0.283 e. The molecule has 0 atom stereocenters. The van der Waals surface area contributed by atoms with Gasteiger partial charge in [0, 0.05) is 17.1 Å². The van der Waals surface area contributed by atoms with E-state index in [1.54, 1.807) is 12.1 Å². The van der Waals surface area contributed by atoms with Crippen molar-refractivity contribution in [1.29, 1.82) is 0 Å². The third kappa shape index (κ3) is 1.63. The third-order valence-electron chi connectivity index (χ3n) is 3.05.